The molecule has 2 amide bonds. The summed E-state index contributed by atoms with van der Waals surface area (Å²) in [5.41, 5.74) is 0.325. The fourth-order valence-corrected chi connectivity index (χ4v) is 1.62. The van der Waals surface area contributed by atoms with Gasteiger partial charge in [-0.3, -0.25) is 9.59 Å². The zero-order valence-electron chi connectivity index (χ0n) is 11.4. The first-order chi connectivity index (χ1) is 9.43. The number of amides is 2. The molecule has 0 fully saturated rings. The molecule has 0 saturated heterocycles. The zero-order chi connectivity index (χ0) is 15.1. The summed E-state index contributed by atoms with van der Waals surface area (Å²) < 4.78 is 26.3. The Morgan fingerprint density at radius 2 is 2.00 bits per heavy atom. The van der Waals surface area contributed by atoms with Gasteiger partial charge in [0.25, 0.3) is 5.91 Å². The topological polar surface area (TPSA) is 74.8 Å². The quantitative estimate of drug-likeness (QED) is 0.656. The van der Waals surface area contributed by atoms with E-state index >= 15 is 0 Å². The van der Waals surface area contributed by atoms with Crippen LogP contribution in [0.5, 0.6) is 0 Å². The highest BCUT2D eigenvalue weighted by atomic mass is 19.1. The van der Waals surface area contributed by atoms with E-state index in [2.05, 4.69) is 10.6 Å². The highest BCUT2D eigenvalue weighted by Crippen LogP contribution is 2.14. The highest BCUT2D eigenvalue weighted by Gasteiger charge is 2.16. The van der Waals surface area contributed by atoms with Gasteiger partial charge in [-0.05, 0) is 19.1 Å². The molecule has 1 aromatic rings. The van der Waals surface area contributed by atoms with E-state index < -0.39 is 11.6 Å². The fraction of sp³-hybridized carbons (Fsp3) is 0.385. The lowest BCUT2D eigenvalue weighted by Crippen LogP contribution is -2.87. The van der Waals surface area contributed by atoms with Gasteiger partial charge in [-0.2, -0.15) is 0 Å². The van der Waals surface area contributed by atoms with E-state index in [1.807, 2.05) is 0 Å². The van der Waals surface area contributed by atoms with Crippen molar-refractivity contribution in [3.8, 4) is 0 Å². The summed E-state index contributed by atoms with van der Waals surface area (Å²) in [5.74, 6) is -1.90. The van der Waals surface area contributed by atoms with Crippen LogP contribution in [-0.4, -0.2) is 32.0 Å². The predicted molar refractivity (Wildman–Crippen MR) is 68.6 cm³/mol. The number of likely N-dealkylation sites (N-methyl/N-ethyl adjacent to an activating group) is 1. The fourth-order valence-electron chi connectivity index (χ4n) is 1.62. The van der Waals surface area contributed by atoms with Gasteiger partial charge < -0.3 is 16.0 Å². The van der Waals surface area contributed by atoms with Crippen LogP contribution in [-0.2, 0) is 9.59 Å². The van der Waals surface area contributed by atoms with Crippen molar-refractivity contribution in [2.75, 3.05) is 20.1 Å². The smallest absolute Gasteiger partial charge is 0.275 e. The van der Waals surface area contributed by atoms with Gasteiger partial charge in [0.05, 0.1) is 6.54 Å². The molecule has 0 radical (unpaired) electrons. The minimum Gasteiger partial charge on any atom is -0.358 e. The van der Waals surface area contributed by atoms with Crippen LogP contribution in [0.25, 0.3) is 0 Å². The molecule has 0 aliphatic carbocycles. The van der Waals surface area contributed by atoms with Gasteiger partial charge in [0.15, 0.2) is 6.54 Å². The standard InChI is InChI=1S/C13H17F2N3O2/c1-8(10-4-3-9(14)5-11(10)15)17-7-13(20)18-6-12(19)16-2/h3-5,8,17H,6-7H2,1-2H3,(H,16,19)(H,18,20)/p+1/t8-/m1/s1. The first-order valence-electron chi connectivity index (χ1n) is 6.19. The summed E-state index contributed by atoms with van der Waals surface area (Å²) in [6.07, 6.45) is 0. The average Bonchev–Trinajstić information content (AvgIpc) is 2.42. The molecular formula is C13H18F2N3O2+. The summed E-state index contributed by atoms with van der Waals surface area (Å²) in [6, 6.07) is 3.01. The molecule has 7 heteroatoms. The van der Waals surface area contributed by atoms with Crippen molar-refractivity contribution in [2.24, 2.45) is 0 Å². The highest BCUT2D eigenvalue weighted by molar-refractivity contribution is 5.84. The molecule has 0 heterocycles. The summed E-state index contributed by atoms with van der Waals surface area (Å²) in [5, 5.41) is 6.41. The number of carbonyl (C=O) groups is 2. The number of benzene rings is 1. The van der Waals surface area contributed by atoms with Crippen molar-refractivity contribution >= 4 is 11.8 Å². The second kappa shape index (κ2) is 7.54. The Labute approximate surface area is 115 Å². The van der Waals surface area contributed by atoms with E-state index in [0.717, 1.165) is 6.07 Å². The van der Waals surface area contributed by atoms with Gasteiger partial charge in [-0.15, -0.1) is 0 Å². The summed E-state index contributed by atoms with van der Waals surface area (Å²) in [6.45, 7) is 1.67. The monoisotopic (exact) mass is 286 g/mol. The first kappa shape index (κ1) is 16.0. The third-order valence-electron chi connectivity index (χ3n) is 2.83. The number of nitrogens with two attached hydrogens (primary N) is 1. The molecule has 1 rings (SSSR count). The molecule has 110 valence electrons. The van der Waals surface area contributed by atoms with Crippen LogP contribution in [0, 0.1) is 11.6 Å². The lowest BCUT2D eigenvalue weighted by molar-refractivity contribution is -0.682. The van der Waals surface area contributed by atoms with Crippen molar-refractivity contribution < 1.29 is 23.7 Å². The van der Waals surface area contributed by atoms with E-state index in [9.17, 15) is 18.4 Å². The van der Waals surface area contributed by atoms with Gasteiger partial charge >= 0.3 is 0 Å². The molecule has 0 aromatic heterocycles. The molecule has 5 nitrogen and oxygen atoms in total. The van der Waals surface area contributed by atoms with Crippen LogP contribution < -0.4 is 16.0 Å². The van der Waals surface area contributed by atoms with Crippen molar-refractivity contribution in [2.45, 2.75) is 13.0 Å². The molecule has 20 heavy (non-hydrogen) atoms. The van der Waals surface area contributed by atoms with Crippen LogP contribution in [0.4, 0.5) is 8.78 Å². The van der Waals surface area contributed by atoms with Gasteiger partial charge in [0.2, 0.25) is 5.91 Å². The largest absolute Gasteiger partial charge is 0.358 e. The normalized spacial score (nSPS) is 11.8. The molecule has 0 aliphatic heterocycles. The van der Waals surface area contributed by atoms with Crippen LogP contribution in [0.1, 0.15) is 18.5 Å². The average molecular weight is 286 g/mol. The van der Waals surface area contributed by atoms with Crippen LogP contribution in [0.3, 0.4) is 0 Å². The second-order valence-corrected chi connectivity index (χ2v) is 4.34. The summed E-state index contributed by atoms with van der Waals surface area (Å²) in [7, 11) is 1.47. The third-order valence-corrected chi connectivity index (χ3v) is 2.83. The maximum atomic E-state index is 13.5. The minimum atomic E-state index is -0.639. The lowest BCUT2D eigenvalue weighted by Gasteiger charge is -2.12. The van der Waals surface area contributed by atoms with E-state index in [1.165, 1.54) is 19.2 Å². The molecule has 4 N–H and O–H groups in total. The lowest BCUT2D eigenvalue weighted by atomic mass is 10.1. The third kappa shape index (κ3) is 4.93. The van der Waals surface area contributed by atoms with Gasteiger partial charge in [0, 0.05) is 18.7 Å². The molecule has 0 saturated carbocycles. The van der Waals surface area contributed by atoms with Crippen LogP contribution in [0.15, 0.2) is 18.2 Å². The van der Waals surface area contributed by atoms with Crippen molar-refractivity contribution in [3.63, 3.8) is 0 Å². The molecule has 0 aliphatic rings. The predicted octanol–water partition coefficient (Wildman–Crippen LogP) is -0.549. The molecule has 0 unspecified atom stereocenters. The zero-order valence-corrected chi connectivity index (χ0v) is 11.4. The Morgan fingerprint density at radius 1 is 1.30 bits per heavy atom. The Bertz CT molecular complexity index is 495. The van der Waals surface area contributed by atoms with Crippen molar-refractivity contribution in [3.05, 3.63) is 35.4 Å². The Kier molecular flexibility index (Phi) is 6.05. The van der Waals surface area contributed by atoms with Gasteiger partial charge in [-0.1, -0.05) is 0 Å². The molecular weight excluding hydrogens is 268 g/mol. The molecule has 0 spiro atoms. The number of quaternary nitrogens is 1. The minimum absolute atomic E-state index is 0.0506. The number of carbonyl (C=O) groups excluding carboxylic acids is 2. The van der Waals surface area contributed by atoms with E-state index in [0.29, 0.717) is 5.56 Å². The maximum Gasteiger partial charge on any atom is 0.275 e. The number of rotatable bonds is 6. The molecule has 0 bridgehead atoms. The number of hydrogen-bond acceptors (Lipinski definition) is 2. The van der Waals surface area contributed by atoms with E-state index in [-0.39, 0.29) is 30.9 Å². The first-order valence-corrected chi connectivity index (χ1v) is 6.19. The Hall–Kier alpha value is -2.02. The number of halogens is 2. The van der Waals surface area contributed by atoms with Crippen LogP contribution in [0.2, 0.25) is 0 Å². The summed E-state index contributed by atoms with van der Waals surface area (Å²) in [4.78, 5) is 22.4. The Morgan fingerprint density at radius 3 is 2.60 bits per heavy atom. The van der Waals surface area contributed by atoms with Crippen molar-refractivity contribution in [1.82, 2.24) is 10.6 Å². The maximum absolute atomic E-state index is 13.5. The van der Waals surface area contributed by atoms with Gasteiger partial charge in [0.1, 0.15) is 17.7 Å². The molecule has 1 atom stereocenters. The second-order valence-electron chi connectivity index (χ2n) is 4.34. The van der Waals surface area contributed by atoms with Crippen molar-refractivity contribution in [1.29, 1.82) is 0 Å². The Balaban J connectivity index is 2.44. The van der Waals surface area contributed by atoms with E-state index in [1.54, 1.807) is 12.2 Å². The van der Waals surface area contributed by atoms with E-state index in [4.69, 9.17) is 0 Å². The summed E-state index contributed by atoms with van der Waals surface area (Å²) >= 11 is 0. The number of nitrogens with one attached hydrogen (secondary N) is 2. The van der Waals surface area contributed by atoms with Crippen LogP contribution >= 0.6 is 0 Å². The number of hydrogen-bond donors (Lipinski definition) is 3. The SMILES string of the molecule is CNC(=O)CNC(=O)C[NH2+][C@H](C)c1ccc(F)cc1F. The molecule has 1 aromatic carbocycles. The van der Waals surface area contributed by atoms with Gasteiger partial charge in [-0.25, -0.2) is 8.78 Å².